The van der Waals surface area contributed by atoms with Gasteiger partial charge in [-0.25, -0.2) is 4.98 Å². The summed E-state index contributed by atoms with van der Waals surface area (Å²) >= 11 is 5.36. The van der Waals surface area contributed by atoms with E-state index in [-0.39, 0.29) is 11.2 Å². The number of fused-ring (bicyclic) bond motifs is 1. The van der Waals surface area contributed by atoms with Crippen molar-refractivity contribution < 1.29 is 4.79 Å². The largest absolute Gasteiger partial charge is 0.325 e. The van der Waals surface area contributed by atoms with Gasteiger partial charge in [-0.05, 0) is 29.8 Å². The first kappa shape index (κ1) is 16.9. The summed E-state index contributed by atoms with van der Waals surface area (Å²) in [5.74, 6) is 3.24. The number of amides is 1. The minimum atomic E-state index is 0.0705. The van der Waals surface area contributed by atoms with Gasteiger partial charge in [0.1, 0.15) is 0 Å². The molecule has 128 valence electrons. The Kier molecular flexibility index (Phi) is 5.29. The second-order valence-corrected chi connectivity index (χ2v) is 9.45. The molecule has 1 aromatic heterocycles. The van der Waals surface area contributed by atoms with Gasteiger partial charge in [-0.1, -0.05) is 24.3 Å². The molecule has 1 amide bonds. The number of para-hydroxylation sites is 1. The monoisotopic (exact) mass is 386 g/mol. The Labute approximate surface area is 159 Å². The summed E-state index contributed by atoms with van der Waals surface area (Å²) in [6.07, 6.45) is 0.822. The number of aromatic nitrogens is 1. The minimum absolute atomic E-state index is 0.0705. The van der Waals surface area contributed by atoms with Crippen LogP contribution in [0.3, 0.4) is 0 Å². The highest BCUT2D eigenvalue weighted by molar-refractivity contribution is 8.07. The second-order valence-electron chi connectivity index (χ2n) is 5.87. The van der Waals surface area contributed by atoms with Crippen molar-refractivity contribution in [1.29, 1.82) is 0 Å². The van der Waals surface area contributed by atoms with Crippen molar-refractivity contribution in [3.8, 4) is 0 Å². The number of benzene rings is 2. The fraction of sp³-hybridized carbons (Fsp3) is 0.263. The third-order valence-electron chi connectivity index (χ3n) is 4.02. The smallest absolute Gasteiger partial charge is 0.238 e. The van der Waals surface area contributed by atoms with Crippen LogP contribution in [-0.2, 0) is 11.2 Å². The lowest BCUT2D eigenvalue weighted by molar-refractivity contribution is -0.115. The standard InChI is InChI=1S/C19H18N2OS3/c22-19(17-12-23-9-10-24-17)20-14-7-5-13(6-8-14)11-18-21-15-3-1-2-4-16(15)25-18/h1-8,17H,9-12H2,(H,20,22). The molecule has 3 aromatic rings. The molecule has 0 spiro atoms. The van der Waals surface area contributed by atoms with E-state index >= 15 is 0 Å². The first-order chi connectivity index (χ1) is 12.3. The molecule has 6 heteroatoms. The molecule has 2 aromatic carbocycles. The first-order valence-electron chi connectivity index (χ1n) is 8.21. The summed E-state index contributed by atoms with van der Waals surface area (Å²) < 4.78 is 1.23. The summed E-state index contributed by atoms with van der Waals surface area (Å²) in [4.78, 5) is 17.0. The Morgan fingerprint density at radius 1 is 1.12 bits per heavy atom. The van der Waals surface area contributed by atoms with Gasteiger partial charge in [-0.15, -0.1) is 23.1 Å². The molecular weight excluding hydrogens is 368 g/mol. The Morgan fingerprint density at radius 3 is 2.72 bits per heavy atom. The number of thioether (sulfide) groups is 2. The highest BCUT2D eigenvalue weighted by atomic mass is 32.2. The molecule has 4 rings (SSSR count). The zero-order valence-electron chi connectivity index (χ0n) is 13.6. The van der Waals surface area contributed by atoms with Gasteiger partial charge in [-0.3, -0.25) is 4.79 Å². The van der Waals surface area contributed by atoms with Gasteiger partial charge in [0.25, 0.3) is 0 Å². The van der Waals surface area contributed by atoms with Gasteiger partial charge in [0.2, 0.25) is 5.91 Å². The molecule has 0 saturated carbocycles. The van der Waals surface area contributed by atoms with E-state index in [4.69, 9.17) is 0 Å². The van der Waals surface area contributed by atoms with E-state index < -0.39 is 0 Å². The lowest BCUT2D eigenvalue weighted by atomic mass is 10.1. The van der Waals surface area contributed by atoms with Crippen LogP contribution in [0.25, 0.3) is 10.2 Å². The maximum Gasteiger partial charge on any atom is 0.238 e. The van der Waals surface area contributed by atoms with Crippen molar-refractivity contribution in [3.05, 3.63) is 59.1 Å². The van der Waals surface area contributed by atoms with Crippen molar-refractivity contribution in [1.82, 2.24) is 4.98 Å². The van der Waals surface area contributed by atoms with E-state index in [1.54, 1.807) is 23.1 Å². The SMILES string of the molecule is O=C(Nc1ccc(Cc2nc3ccccc3s2)cc1)C1CSCCS1. The molecule has 1 atom stereocenters. The average molecular weight is 387 g/mol. The van der Waals surface area contributed by atoms with Gasteiger partial charge in [0.15, 0.2) is 0 Å². The third-order valence-corrected chi connectivity index (χ3v) is 7.81. The van der Waals surface area contributed by atoms with Crippen molar-refractivity contribution in [3.63, 3.8) is 0 Å². The normalized spacial score (nSPS) is 17.5. The number of hydrogen-bond donors (Lipinski definition) is 1. The van der Waals surface area contributed by atoms with Gasteiger partial charge < -0.3 is 5.32 Å². The Balaban J connectivity index is 1.40. The van der Waals surface area contributed by atoms with E-state index in [1.165, 1.54) is 10.3 Å². The van der Waals surface area contributed by atoms with Crippen LogP contribution in [0, 0.1) is 0 Å². The van der Waals surface area contributed by atoms with Crippen LogP contribution >= 0.6 is 34.9 Å². The Hall–Kier alpha value is -1.50. The van der Waals surface area contributed by atoms with E-state index in [1.807, 2.05) is 36.0 Å². The maximum absolute atomic E-state index is 12.3. The van der Waals surface area contributed by atoms with E-state index in [9.17, 15) is 4.79 Å². The molecule has 1 unspecified atom stereocenters. The molecule has 1 N–H and O–H groups in total. The molecule has 25 heavy (non-hydrogen) atoms. The van der Waals surface area contributed by atoms with Gasteiger partial charge in [0.05, 0.1) is 20.5 Å². The predicted octanol–water partition coefficient (Wildman–Crippen LogP) is 4.67. The van der Waals surface area contributed by atoms with E-state index in [2.05, 4.69) is 34.6 Å². The molecule has 2 heterocycles. The van der Waals surface area contributed by atoms with Crippen LogP contribution in [0.4, 0.5) is 5.69 Å². The Bertz CT molecular complexity index is 837. The van der Waals surface area contributed by atoms with Crippen LogP contribution < -0.4 is 5.32 Å². The number of carbonyl (C=O) groups excluding carboxylic acids is 1. The number of anilines is 1. The maximum atomic E-state index is 12.3. The highest BCUT2D eigenvalue weighted by Crippen LogP contribution is 2.26. The van der Waals surface area contributed by atoms with Gasteiger partial charge in [-0.2, -0.15) is 11.8 Å². The van der Waals surface area contributed by atoms with Crippen molar-refractivity contribution in [2.24, 2.45) is 0 Å². The molecular formula is C19H18N2OS3. The number of thiazole rings is 1. The fourth-order valence-corrected chi connectivity index (χ4v) is 6.30. The lowest BCUT2D eigenvalue weighted by Gasteiger charge is -2.20. The van der Waals surface area contributed by atoms with Crippen molar-refractivity contribution >= 4 is 56.7 Å². The molecule has 0 radical (unpaired) electrons. The molecule has 0 bridgehead atoms. The first-order valence-corrected chi connectivity index (χ1v) is 11.2. The molecule has 3 nitrogen and oxygen atoms in total. The zero-order chi connectivity index (χ0) is 17.1. The van der Waals surface area contributed by atoms with Gasteiger partial charge >= 0.3 is 0 Å². The quantitative estimate of drug-likeness (QED) is 0.707. The average Bonchev–Trinajstić information content (AvgIpc) is 3.06. The van der Waals surface area contributed by atoms with Crippen LogP contribution in [0.15, 0.2) is 48.5 Å². The minimum Gasteiger partial charge on any atom is -0.325 e. The number of nitrogens with zero attached hydrogens (tertiary/aromatic N) is 1. The third kappa shape index (κ3) is 4.19. The summed E-state index contributed by atoms with van der Waals surface area (Å²) in [7, 11) is 0. The number of nitrogens with one attached hydrogen (secondary N) is 1. The Morgan fingerprint density at radius 2 is 1.96 bits per heavy atom. The number of carbonyl (C=O) groups is 1. The van der Waals surface area contributed by atoms with Crippen LogP contribution in [0.1, 0.15) is 10.6 Å². The van der Waals surface area contributed by atoms with Crippen LogP contribution in [-0.4, -0.2) is 33.4 Å². The number of rotatable bonds is 4. The van der Waals surface area contributed by atoms with E-state index in [0.29, 0.717) is 0 Å². The fourth-order valence-electron chi connectivity index (χ4n) is 2.74. The number of hydrogen-bond acceptors (Lipinski definition) is 5. The predicted molar refractivity (Wildman–Crippen MR) is 111 cm³/mol. The molecule has 1 aliphatic heterocycles. The lowest BCUT2D eigenvalue weighted by Crippen LogP contribution is -2.30. The van der Waals surface area contributed by atoms with Crippen LogP contribution in [0.5, 0.6) is 0 Å². The van der Waals surface area contributed by atoms with Crippen LogP contribution in [0.2, 0.25) is 0 Å². The molecule has 0 aliphatic carbocycles. The summed E-state index contributed by atoms with van der Waals surface area (Å²) in [5.41, 5.74) is 3.14. The molecule has 1 saturated heterocycles. The summed E-state index contributed by atoms with van der Waals surface area (Å²) in [6.45, 7) is 0. The van der Waals surface area contributed by atoms with Crippen molar-refractivity contribution in [2.75, 3.05) is 22.6 Å². The second kappa shape index (κ2) is 7.81. The summed E-state index contributed by atoms with van der Waals surface area (Å²) in [5, 5.41) is 4.23. The van der Waals surface area contributed by atoms with E-state index in [0.717, 1.165) is 39.9 Å². The molecule has 1 aliphatic rings. The zero-order valence-corrected chi connectivity index (χ0v) is 16.1. The molecule has 1 fully saturated rings. The topological polar surface area (TPSA) is 42.0 Å². The highest BCUT2D eigenvalue weighted by Gasteiger charge is 2.22. The van der Waals surface area contributed by atoms with Gasteiger partial charge in [0, 0.05) is 29.4 Å². The summed E-state index contributed by atoms with van der Waals surface area (Å²) in [6, 6.07) is 16.3. The van der Waals surface area contributed by atoms with Crippen molar-refractivity contribution in [2.45, 2.75) is 11.7 Å².